The van der Waals surface area contributed by atoms with E-state index in [1.807, 2.05) is 24.3 Å². The minimum absolute atomic E-state index is 0.234. The molecular weight excluding hydrogens is 222 g/mol. The maximum Gasteiger partial charge on any atom is 0.256 e. The summed E-state index contributed by atoms with van der Waals surface area (Å²) in [5.74, 6) is 1.10. The van der Waals surface area contributed by atoms with Crippen LogP contribution >= 0.6 is 11.8 Å². The van der Waals surface area contributed by atoms with Crippen molar-refractivity contribution in [1.82, 2.24) is 4.98 Å². The third kappa shape index (κ3) is 2.76. The summed E-state index contributed by atoms with van der Waals surface area (Å²) in [5, 5.41) is 7.78. The lowest BCUT2D eigenvalue weighted by Gasteiger charge is -1.95. The van der Waals surface area contributed by atoms with Gasteiger partial charge in [-0.1, -0.05) is 23.9 Å². The summed E-state index contributed by atoms with van der Waals surface area (Å²) in [5.41, 5.74) is 6.97. The summed E-state index contributed by atoms with van der Waals surface area (Å²) in [7, 11) is 0. The lowest BCUT2D eigenvalue weighted by Crippen LogP contribution is -2.08. The van der Waals surface area contributed by atoms with Gasteiger partial charge in [-0.25, -0.2) is 4.98 Å². The minimum Gasteiger partial charge on any atom is -0.431 e. The van der Waals surface area contributed by atoms with Gasteiger partial charge in [0.15, 0.2) is 5.58 Å². The van der Waals surface area contributed by atoms with Gasteiger partial charge in [-0.3, -0.25) is 5.41 Å². The first-order valence-electron chi connectivity index (χ1n) is 5.07. The van der Waals surface area contributed by atoms with Gasteiger partial charge in [0.2, 0.25) is 0 Å². The summed E-state index contributed by atoms with van der Waals surface area (Å²) in [6, 6.07) is 7.70. The van der Waals surface area contributed by atoms with E-state index in [1.165, 1.54) is 0 Å². The Hall–Kier alpha value is -1.49. The fraction of sp³-hybridized carbons (Fsp3) is 0.273. The van der Waals surface area contributed by atoms with Gasteiger partial charge in [0.1, 0.15) is 5.52 Å². The number of aromatic nitrogens is 1. The zero-order valence-corrected chi connectivity index (χ0v) is 9.59. The van der Waals surface area contributed by atoms with E-state index >= 15 is 0 Å². The number of nitrogens with one attached hydrogen (secondary N) is 1. The highest BCUT2D eigenvalue weighted by Gasteiger charge is 2.04. The highest BCUT2D eigenvalue weighted by Crippen LogP contribution is 2.23. The fourth-order valence-corrected chi connectivity index (χ4v) is 2.11. The second-order valence-electron chi connectivity index (χ2n) is 3.42. The Bertz CT molecular complexity index is 462. The average molecular weight is 235 g/mol. The molecule has 0 atom stereocenters. The Balaban J connectivity index is 1.92. The predicted octanol–water partition coefficient (Wildman–Crippen LogP) is 2.64. The van der Waals surface area contributed by atoms with E-state index in [0.717, 1.165) is 23.3 Å². The standard InChI is InChI=1S/C11H13N3OS/c12-10(13)6-3-7-16-11-14-8-4-1-2-5-9(8)15-11/h1-2,4-5H,3,6-7H2,(H3,12,13). The number of fused-ring (bicyclic) bond motifs is 1. The first kappa shape index (κ1) is 11.0. The summed E-state index contributed by atoms with van der Waals surface area (Å²) < 4.78 is 5.54. The highest BCUT2D eigenvalue weighted by molar-refractivity contribution is 7.99. The Morgan fingerprint density at radius 1 is 1.44 bits per heavy atom. The molecular formula is C11H13N3OS. The maximum atomic E-state index is 7.09. The molecule has 0 amide bonds. The van der Waals surface area contributed by atoms with Crippen molar-refractivity contribution in [3.63, 3.8) is 0 Å². The first-order valence-corrected chi connectivity index (χ1v) is 6.05. The topological polar surface area (TPSA) is 75.9 Å². The summed E-state index contributed by atoms with van der Waals surface area (Å²) in [4.78, 5) is 4.34. The quantitative estimate of drug-likeness (QED) is 0.361. The third-order valence-electron chi connectivity index (χ3n) is 2.09. The molecule has 0 saturated heterocycles. The third-order valence-corrected chi connectivity index (χ3v) is 3.00. The first-order chi connectivity index (χ1) is 7.75. The van der Waals surface area contributed by atoms with Gasteiger partial charge in [0.25, 0.3) is 5.22 Å². The average Bonchev–Trinajstić information content (AvgIpc) is 2.66. The zero-order chi connectivity index (χ0) is 11.4. The lowest BCUT2D eigenvalue weighted by atomic mass is 10.3. The Labute approximate surface area is 97.7 Å². The van der Waals surface area contributed by atoms with E-state index in [-0.39, 0.29) is 5.84 Å². The number of hydrogen-bond donors (Lipinski definition) is 2. The molecule has 0 fully saturated rings. The van der Waals surface area contributed by atoms with Crippen molar-refractivity contribution in [3.8, 4) is 0 Å². The van der Waals surface area contributed by atoms with Gasteiger partial charge < -0.3 is 10.2 Å². The summed E-state index contributed by atoms with van der Waals surface area (Å²) in [6.07, 6.45) is 1.51. The van der Waals surface area contributed by atoms with Crippen molar-refractivity contribution in [2.75, 3.05) is 5.75 Å². The van der Waals surface area contributed by atoms with E-state index < -0.39 is 0 Å². The van der Waals surface area contributed by atoms with Crippen LogP contribution in [-0.4, -0.2) is 16.6 Å². The van der Waals surface area contributed by atoms with Gasteiger partial charge in [0, 0.05) is 12.2 Å². The van der Waals surface area contributed by atoms with E-state index in [2.05, 4.69) is 4.98 Å². The van der Waals surface area contributed by atoms with Gasteiger partial charge in [-0.2, -0.15) is 0 Å². The number of hydrogen-bond acceptors (Lipinski definition) is 4. The van der Waals surface area contributed by atoms with Crippen LogP contribution in [0.25, 0.3) is 11.1 Å². The molecule has 0 bridgehead atoms. The van der Waals surface area contributed by atoms with E-state index in [4.69, 9.17) is 15.6 Å². The van der Waals surface area contributed by atoms with E-state index in [0.29, 0.717) is 11.6 Å². The molecule has 2 rings (SSSR count). The molecule has 5 heteroatoms. The van der Waals surface area contributed by atoms with E-state index in [1.54, 1.807) is 11.8 Å². The van der Waals surface area contributed by atoms with Gasteiger partial charge in [0.05, 0.1) is 5.84 Å². The molecule has 2 aromatic rings. The number of nitrogens with zero attached hydrogens (tertiary/aromatic N) is 1. The van der Waals surface area contributed by atoms with E-state index in [9.17, 15) is 0 Å². The summed E-state index contributed by atoms with van der Waals surface area (Å²) >= 11 is 1.56. The molecule has 4 nitrogen and oxygen atoms in total. The highest BCUT2D eigenvalue weighted by atomic mass is 32.2. The predicted molar refractivity (Wildman–Crippen MR) is 65.9 cm³/mol. The number of oxazole rings is 1. The van der Waals surface area contributed by atoms with Crippen LogP contribution in [0.4, 0.5) is 0 Å². The smallest absolute Gasteiger partial charge is 0.256 e. The minimum atomic E-state index is 0.234. The molecule has 1 aromatic heterocycles. The Kier molecular flexibility index (Phi) is 3.46. The van der Waals surface area contributed by atoms with Crippen LogP contribution in [0.5, 0.6) is 0 Å². The van der Waals surface area contributed by atoms with Crippen LogP contribution in [0.15, 0.2) is 33.9 Å². The number of para-hydroxylation sites is 2. The van der Waals surface area contributed by atoms with Crippen LogP contribution < -0.4 is 5.73 Å². The Morgan fingerprint density at radius 2 is 2.25 bits per heavy atom. The second kappa shape index (κ2) is 5.03. The molecule has 1 heterocycles. The second-order valence-corrected chi connectivity index (χ2v) is 4.47. The van der Waals surface area contributed by atoms with Gasteiger partial charge in [-0.05, 0) is 18.6 Å². The molecule has 0 spiro atoms. The van der Waals surface area contributed by atoms with Gasteiger partial charge >= 0.3 is 0 Å². The van der Waals surface area contributed by atoms with Crippen LogP contribution in [0.1, 0.15) is 12.8 Å². The molecule has 0 aliphatic rings. The number of rotatable bonds is 5. The number of benzene rings is 1. The normalized spacial score (nSPS) is 10.8. The van der Waals surface area contributed by atoms with Gasteiger partial charge in [-0.15, -0.1) is 0 Å². The largest absolute Gasteiger partial charge is 0.431 e. The lowest BCUT2D eigenvalue weighted by molar-refractivity contribution is 0.489. The number of amidine groups is 1. The molecule has 0 aliphatic carbocycles. The van der Waals surface area contributed by atoms with Crippen molar-refractivity contribution in [1.29, 1.82) is 5.41 Å². The molecule has 1 aromatic carbocycles. The summed E-state index contributed by atoms with van der Waals surface area (Å²) in [6.45, 7) is 0. The van der Waals surface area contributed by atoms with Crippen LogP contribution in [0, 0.1) is 5.41 Å². The molecule has 84 valence electrons. The van der Waals surface area contributed by atoms with Crippen molar-refractivity contribution < 1.29 is 4.42 Å². The van der Waals surface area contributed by atoms with Crippen molar-refractivity contribution in [2.45, 2.75) is 18.1 Å². The number of nitrogens with two attached hydrogens (primary N) is 1. The SMILES string of the molecule is N=C(N)CCCSc1nc2ccccc2o1. The zero-order valence-electron chi connectivity index (χ0n) is 8.77. The maximum absolute atomic E-state index is 7.09. The van der Waals surface area contributed by atoms with Crippen molar-refractivity contribution >= 4 is 28.7 Å². The fourth-order valence-electron chi connectivity index (χ4n) is 1.33. The van der Waals surface area contributed by atoms with Crippen LogP contribution in [0.3, 0.4) is 0 Å². The molecule has 0 saturated carbocycles. The monoisotopic (exact) mass is 235 g/mol. The molecule has 0 radical (unpaired) electrons. The van der Waals surface area contributed by atoms with Crippen molar-refractivity contribution in [3.05, 3.63) is 24.3 Å². The number of thioether (sulfide) groups is 1. The Morgan fingerprint density at radius 3 is 3.00 bits per heavy atom. The van der Waals surface area contributed by atoms with Crippen LogP contribution in [0.2, 0.25) is 0 Å². The molecule has 0 aliphatic heterocycles. The molecule has 0 unspecified atom stereocenters. The molecule has 16 heavy (non-hydrogen) atoms. The van der Waals surface area contributed by atoms with Crippen molar-refractivity contribution in [2.24, 2.45) is 5.73 Å². The van der Waals surface area contributed by atoms with Crippen LogP contribution in [-0.2, 0) is 0 Å². The molecule has 3 N–H and O–H groups in total.